The fraction of sp³-hybridized carbons (Fsp3) is 0.400. The van der Waals surface area contributed by atoms with Crippen molar-refractivity contribution in [1.29, 1.82) is 0 Å². The van der Waals surface area contributed by atoms with E-state index in [-0.39, 0.29) is 11.5 Å². The third-order valence-corrected chi connectivity index (χ3v) is 4.87. The number of hydrogen-bond donors (Lipinski definition) is 0. The minimum absolute atomic E-state index is 0.0747. The van der Waals surface area contributed by atoms with E-state index in [0.29, 0.717) is 42.4 Å². The lowest BCUT2D eigenvalue weighted by molar-refractivity contribution is 0.460. The highest BCUT2D eigenvalue weighted by molar-refractivity contribution is 5.37. The van der Waals surface area contributed by atoms with Gasteiger partial charge in [-0.2, -0.15) is 0 Å². The third kappa shape index (κ3) is 3.19. The zero-order valence-electron chi connectivity index (χ0n) is 13.6. The first-order valence-electron chi connectivity index (χ1n) is 8.44. The van der Waals surface area contributed by atoms with Gasteiger partial charge in [0, 0.05) is 5.56 Å². The summed E-state index contributed by atoms with van der Waals surface area (Å²) in [6, 6.07) is 5.42. The lowest BCUT2D eigenvalue weighted by Gasteiger charge is -2.26. The molecule has 0 saturated heterocycles. The molecule has 1 aliphatic carbocycles. The maximum atomic E-state index is 14.5. The van der Waals surface area contributed by atoms with Gasteiger partial charge in [0.05, 0.1) is 0 Å². The van der Waals surface area contributed by atoms with Crippen LogP contribution in [0, 0.1) is 23.3 Å². The van der Waals surface area contributed by atoms with Crippen molar-refractivity contribution in [3.63, 3.8) is 0 Å². The molecule has 0 saturated carbocycles. The van der Waals surface area contributed by atoms with Crippen LogP contribution in [0.3, 0.4) is 0 Å². The lowest BCUT2D eigenvalue weighted by Crippen LogP contribution is -2.17. The first-order chi connectivity index (χ1) is 11.5. The number of halogens is 4. The van der Waals surface area contributed by atoms with Gasteiger partial charge in [-0.25, -0.2) is 17.6 Å². The SMILES string of the molecule is CCCCc1cc(F)c(C2CCc3c(ccc(F)c3F)C2)c(F)c1. The lowest BCUT2D eigenvalue weighted by atomic mass is 9.79. The largest absolute Gasteiger partial charge is 0.207 e. The molecule has 2 aromatic carbocycles. The van der Waals surface area contributed by atoms with Gasteiger partial charge in [0.2, 0.25) is 0 Å². The van der Waals surface area contributed by atoms with Crippen molar-refractivity contribution in [3.8, 4) is 0 Å². The van der Waals surface area contributed by atoms with E-state index in [9.17, 15) is 17.6 Å². The number of aryl methyl sites for hydroxylation is 1. The van der Waals surface area contributed by atoms with Crippen molar-refractivity contribution in [2.24, 2.45) is 0 Å². The fourth-order valence-corrected chi connectivity index (χ4v) is 3.58. The Labute approximate surface area is 139 Å². The molecule has 128 valence electrons. The smallest absolute Gasteiger partial charge is 0.162 e. The summed E-state index contributed by atoms with van der Waals surface area (Å²) < 4.78 is 56.1. The molecule has 0 nitrogen and oxygen atoms in total. The minimum Gasteiger partial charge on any atom is -0.207 e. The Balaban J connectivity index is 1.89. The molecule has 1 aliphatic rings. The molecule has 1 unspecified atom stereocenters. The van der Waals surface area contributed by atoms with E-state index in [0.717, 1.165) is 18.9 Å². The number of rotatable bonds is 4. The quantitative estimate of drug-likeness (QED) is 0.614. The summed E-state index contributed by atoms with van der Waals surface area (Å²) in [6.07, 6.45) is 3.54. The van der Waals surface area contributed by atoms with Crippen molar-refractivity contribution in [3.05, 3.63) is 69.8 Å². The van der Waals surface area contributed by atoms with Crippen LogP contribution < -0.4 is 0 Å². The van der Waals surface area contributed by atoms with Crippen LogP contribution in [0.1, 0.15) is 54.4 Å². The zero-order chi connectivity index (χ0) is 17.3. The molecule has 24 heavy (non-hydrogen) atoms. The Morgan fingerprint density at radius 1 is 1.00 bits per heavy atom. The third-order valence-electron chi connectivity index (χ3n) is 4.87. The standard InChI is InChI=1S/C20H20F4/c1-2-3-4-12-9-17(22)19(18(23)10-12)14-5-7-15-13(11-14)6-8-16(21)20(15)24/h6,8-10,14H,2-5,7,11H2,1H3. The van der Waals surface area contributed by atoms with E-state index in [2.05, 4.69) is 0 Å². The zero-order valence-corrected chi connectivity index (χ0v) is 13.6. The summed E-state index contributed by atoms with van der Waals surface area (Å²) in [7, 11) is 0. The van der Waals surface area contributed by atoms with Crippen LogP contribution >= 0.6 is 0 Å². The number of unbranched alkanes of at least 4 members (excludes halogenated alkanes) is 1. The van der Waals surface area contributed by atoms with Gasteiger partial charge < -0.3 is 0 Å². The summed E-state index contributed by atoms with van der Waals surface area (Å²) in [4.78, 5) is 0. The summed E-state index contributed by atoms with van der Waals surface area (Å²) in [6.45, 7) is 2.03. The van der Waals surface area contributed by atoms with Gasteiger partial charge in [-0.3, -0.25) is 0 Å². The van der Waals surface area contributed by atoms with Crippen LogP contribution in [0.2, 0.25) is 0 Å². The normalized spacial score (nSPS) is 17.0. The van der Waals surface area contributed by atoms with Crippen molar-refractivity contribution < 1.29 is 17.6 Å². The second-order valence-electron chi connectivity index (χ2n) is 6.52. The van der Waals surface area contributed by atoms with Crippen molar-refractivity contribution >= 4 is 0 Å². The molecule has 0 spiro atoms. The maximum absolute atomic E-state index is 14.5. The van der Waals surface area contributed by atoms with Gasteiger partial charge in [0.15, 0.2) is 11.6 Å². The molecule has 0 amide bonds. The summed E-state index contributed by atoms with van der Waals surface area (Å²) >= 11 is 0. The molecule has 3 rings (SSSR count). The van der Waals surface area contributed by atoms with Crippen LogP contribution in [0.5, 0.6) is 0 Å². The highest BCUT2D eigenvalue weighted by Crippen LogP contribution is 2.37. The van der Waals surface area contributed by atoms with Crippen LogP contribution in [0.15, 0.2) is 24.3 Å². The molecule has 0 heterocycles. The Bertz CT molecular complexity index is 729. The molecule has 0 aliphatic heterocycles. The molecular formula is C20H20F4. The second kappa shape index (κ2) is 6.96. The first-order valence-corrected chi connectivity index (χ1v) is 8.44. The molecule has 0 radical (unpaired) electrons. The Hall–Kier alpha value is -1.84. The highest BCUT2D eigenvalue weighted by Gasteiger charge is 2.28. The summed E-state index contributed by atoms with van der Waals surface area (Å²) in [5.41, 5.74) is 1.72. The Kier molecular flexibility index (Phi) is 4.93. The average molecular weight is 336 g/mol. The van der Waals surface area contributed by atoms with Gasteiger partial charge in [0.1, 0.15) is 11.6 Å². The first kappa shape index (κ1) is 17.0. The number of fused-ring (bicyclic) bond motifs is 1. The fourth-order valence-electron chi connectivity index (χ4n) is 3.58. The predicted molar refractivity (Wildman–Crippen MR) is 86.1 cm³/mol. The second-order valence-corrected chi connectivity index (χ2v) is 6.52. The maximum Gasteiger partial charge on any atom is 0.162 e. The topological polar surface area (TPSA) is 0 Å². The van der Waals surface area contributed by atoms with Gasteiger partial charge in [-0.1, -0.05) is 19.4 Å². The monoisotopic (exact) mass is 336 g/mol. The van der Waals surface area contributed by atoms with E-state index in [4.69, 9.17) is 0 Å². The summed E-state index contributed by atoms with van der Waals surface area (Å²) in [5, 5.41) is 0. The van der Waals surface area contributed by atoms with Crippen molar-refractivity contribution in [1.82, 2.24) is 0 Å². The molecule has 0 fully saturated rings. The van der Waals surface area contributed by atoms with Gasteiger partial charge in [0.25, 0.3) is 0 Å². The van der Waals surface area contributed by atoms with E-state index in [1.54, 1.807) is 0 Å². The number of hydrogen-bond acceptors (Lipinski definition) is 0. The van der Waals surface area contributed by atoms with Gasteiger partial charge in [-0.05, 0) is 72.9 Å². The number of benzene rings is 2. The van der Waals surface area contributed by atoms with Crippen molar-refractivity contribution in [2.45, 2.75) is 51.4 Å². The molecule has 0 N–H and O–H groups in total. The van der Waals surface area contributed by atoms with Gasteiger partial charge >= 0.3 is 0 Å². The molecule has 0 bridgehead atoms. The highest BCUT2D eigenvalue weighted by atomic mass is 19.2. The summed E-state index contributed by atoms with van der Waals surface area (Å²) in [5.74, 6) is -3.11. The molecule has 0 aromatic heterocycles. The Morgan fingerprint density at radius 2 is 1.71 bits per heavy atom. The predicted octanol–water partition coefficient (Wildman–Crippen LogP) is 5.86. The van der Waals surface area contributed by atoms with E-state index in [1.807, 2.05) is 6.92 Å². The van der Waals surface area contributed by atoms with E-state index < -0.39 is 23.3 Å². The van der Waals surface area contributed by atoms with Crippen LogP contribution in [0.4, 0.5) is 17.6 Å². The molecule has 4 heteroatoms. The molecular weight excluding hydrogens is 316 g/mol. The van der Waals surface area contributed by atoms with Crippen LogP contribution in [-0.2, 0) is 19.3 Å². The van der Waals surface area contributed by atoms with Crippen LogP contribution in [-0.4, -0.2) is 0 Å². The van der Waals surface area contributed by atoms with E-state index >= 15 is 0 Å². The van der Waals surface area contributed by atoms with Crippen LogP contribution in [0.25, 0.3) is 0 Å². The molecule has 2 aromatic rings. The average Bonchev–Trinajstić information content (AvgIpc) is 2.56. The Morgan fingerprint density at radius 3 is 2.38 bits per heavy atom. The van der Waals surface area contributed by atoms with Gasteiger partial charge in [-0.15, -0.1) is 0 Å². The molecule has 1 atom stereocenters. The minimum atomic E-state index is -0.871. The van der Waals surface area contributed by atoms with Crippen molar-refractivity contribution in [2.75, 3.05) is 0 Å². The van der Waals surface area contributed by atoms with E-state index in [1.165, 1.54) is 18.2 Å².